The van der Waals surface area contributed by atoms with Crippen molar-refractivity contribution in [1.29, 1.82) is 0 Å². The van der Waals surface area contributed by atoms with E-state index in [2.05, 4.69) is 0 Å². The zero-order valence-electron chi connectivity index (χ0n) is 21.1. The van der Waals surface area contributed by atoms with E-state index in [9.17, 15) is 22.8 Å². The van der Waals surface area contributed by atoms with E-state index in [0.29, 0.717) is 38.2 Å². The van der Waals surface area contributed by atoms with Crippen LogP contribution in [0.3, 0.4) is 0 Å². The lowest BCUT2D eigenvalue weighted by molar-refractivity contribution is -0.151. The van der Waals surface area contributed by atoms with Crippen LogP contribution in [-0.2, 0) is 29.1 Å². The lowest BCUT2D eigenvalue weighted by Gasteiger charge is -2.35. The van der Waals surface area contributed by atoms with Gasteiger partial charge in [0.05, 0.1) is 23.1 Å². The molecular weight excluding hydrogens is 486 g/mol. The predicted molar refractivity (Wildman–Crippen MR) is 132 cm³/mol. The lowest BCUT2D eigenvalue weighted by atomic mass is 9.94. The number of piperidine rings is 2. The third-order valence-corrected chi connectivity index (χ3v) is 8.86. The lowest BCUT2D eigenvalue weighted by Crippen LogP contribution is -2.50. The maximum Gasteiger partial charge on any atom is 0.310 e. The molecule has 1 aromatic rings. The van der Waals surface area contributed by atoms with Crippen LogP contribution in [0.5, 0.6) is 5.75 Å². The van der Waals surface area contributed by atoms with Gasteiger partial charge in [-0.1, -0.05) is 13.8 Å². The maximum absolute atomic E-state index is 13.4. The molecule has 0 bridgehead atoms. The Kier molecular flexibility index (Phi) is 7.89. The van der Waals surface area contributed by atoms with E-state index in [0.717, 1.165) is 6.42 Å². The van der Waals surface area contributed by atoms with Gasteiger partial charge in [0.1, 0.15) is 12.3 Å². The van der Waals surface area contributed by atoms with Gasteiger partial charge in [-0.25, -0.2) is 8.42 Å². The number of anilines is 1. The SMILES string of the molecule is CCOC(=O)[C@@H]1CCCN(C(=O)CN2C(=O)COc3ccc(S(=O)(=O)N4C[C@@H](C)C[C@H](C)C4)cc32)C1. The predicted octanol–water partition coefficient (Wildman–Crippen LogP) is 1.88. The van der Waals surface area contributed by atoms with Gasteiger partial charge < -0.3 is 14.4 Å². The fraction of sp³-hybridized carbons (Fsp3) is 0.640. The Morgan fingerprint density at radius 1 is 1.14 bits per heavy atom. The molecule has 0 aliphatic carbocycles. The number of fused-ring (bicyclic) bond motifs is 1. The van der Waals surface area contributed by atoms with Crippen molar-refractivity contribution in [3.05, 3.63) is 18.2 Å². The number of amides is 2. The van der Waals surface area contributed by atoms with Gasteiger partial charge in [0.15, 0.2) is 6.61 Å². The summed E-state index contributed by atoms with van der Waals surface area (Å²) in [6.07, 6.45) is 2.29. The third kappa shape index (κ3) is 5.51. The maximum atomic E-state index is 13.4. The number of sulfonamides is 1. The molecule has 0 saturated carbocycles. The molecule has 36 heavy (non-hydrogen) atoms. The highest BCUT2D eigenvalue weighted by molar-refractivity contribution is 7.89. The van der Waals surface area contributed by atoms with Gasteiger partial charge in [0.25, 0.3) is 5.91 Å². The molecule has 3 heterocycles. The molecule has 0 spiro atoms. The first-order chi connectivity index (χ1) is 17.1. The highest BCUT2D eigenvalue weighted by atomic mass is 32.2. The van der Waals surface area contributed by atoms with Crippen LogP contribution in [0.25, 0.3) is 0 Å². The molecule has 2 fully saturated rings. The summed E-state index contributed by atoms with van der Waals surface area (Å²) in [7, 11) is -3.78. The van der Waals surface area contributed by atoms with Gasteiger partial charge in [-0.2, -0.15) is 4.31 Å². The van der Waals surface area contributed by atoms with Crippen LogP contribution >= 0.6 is 0 Å². The summed E-state index contributed by atoms with van der Waals surface area (Å²) in [5, 5.41) is 0. The van der Waals surface area contributed by atoms with Crippen molar-refractivity contribution in [2.45, 2.75) is 44.9 Å². The molecule has 198 valence electrons. The topological polar surface area (TPSA) is 114 Å². The first-order valence-corrected chi connectivity index (χ1v) is 14.1. The fourth-order valence-corrected chi connectivity index (χ4v) is 7.06. The summed E-state index contributed by atoms with van der Waals surface area (Å²) in [6.45, 7) is 7.22. The first kappa shape index (κ1) is 26.4. The molecule has 2 saturated heterocycles. The van der Waals surface area contributed by atoms with Crippen LogP contribution in [0.15, 0.2) is 23.1 Å². The van der Waals surface area contributed by atoms with Gasteiger partial charge in [-0.3, -0.25) is 19.3 Å². The monoisotopic (exact) mass is 521 g/mol. The van der Waals surface area contributed by atoms with Gasteiger partial charge >= 0.3 is 5.97 Å². The molecule has 11 heteroatoms. The number of ether oxygens (including phenoxy) is 2. The molecular formula is C25H35N3O7S. The molecule has 10 nitrogen and oxygen atoms in total. The average Bonchev–Trinajstić information content (AvgIpc) is 2.85. The van der Waals surface area contributed by atoms with Crippen LogP contribution < -0.4 is 9.64 Å². The average molecular weight is 522 g/mol. The summed E-state index contributed by atoms with van der Waals surface area (Å²) < 4.78 is 39.0. The van der Waals surface area contributed by atoms with E-state index in [1.54, 1.807) is 17.9 Å². The molecule has 0 N–H and O–H groups in total. The van der Waals surface area contributed by atoms with Crippen molar-refractivity contribution < 1.29 is 32.3 Å². The smallest absolute Gasteiger partial charge is 0.310 e. The van der Waals surface area contributed by atoms with Crippen LogP contribution in [-0.4, -0.2) is 81.3 Å². The molecule has 2 amide bonds. The van der Waals surface area contributed by atoms with Crippen molar-refractivity contribution in [2.24, 2.45) is 17.8 Å². The highest BCUT2D eigenvalue weighted by Crippen LogP contribution is 2.36. The van der Waals surface area contributed by atoms with Crippen molar-refractivity contribution in [3.8, 4) is 5.75 Å². The minimum absolute atomic E-state index is 0.0682. The molecule has 3 atom stereocenters. The Hall–Kier alpha value is -2.66. The second kappa shape index (κ2) is 10.8. The summed E-state index contributed by atoms with van der Waals surface area (Å²) in [6, 6.07) is 4.46. The number of benzene rings is 1. The number of likely N-dealkylation sites (tertiary alicyclic amines) is 1. The number of hydrogen-bond acceptors (Lipinski definition) is 7. The van der Waals surface area contributed by atoms with Crippen LogP contribution in [0.1, 0.15) is 40.0 Å². The summed E-state index contributed by atoms with van der Waals surface area (Å²) in [5.41, 5.74) is 0.262. The number of carbonyl (C=O) groups is 3. The first-order valence-electron chi connectivity index (χ1n) is 12.6. The number of hydrogen-bond donors (Lipinski definition) is 0. The Morgan fingerprint density at radius 2 is 1.86 bits per heavy atom. The minimum Gasteiger partial charge on any atom is -0.482 e. The fourth-order valence-electron chi connectivity index (χ4n) is 5.36. The van der Waals surface area contributed by atoms with Crippen LogP contribution in [0.2, 0.25) is 0 Å². The van der Waals surface area contributed by atoms with Gasteiger partial charge in [-0.05, 0) is 56.2 Å². The summed E-state index contributed by atoms with van der Waals surface area (Å²) in [5.74, 6) is -0.585. The second-order valence-corrected chi connectivity index (χ2v) is 12.0. The third-order valence-electron chi connectivity index (χ3n) is 7.03. The Balaban J connectivity index is 1.54. The molecule has 0 aromatic heterocycles. The highest BCUT2D eigenvalue weighted by Gasteiger charge is 2.36. The molecule has 0 unspecified atom stereocenters. The molecule has 1 aromatic carbocycles. The number of carbonyl (C=O) groups excluding carboxylic acids is 3. The van der Waals surface area contributed by atoms with Crippen LogP contribution in [0.4, 0.5) is 5.69 Å². The van der Waals surface area contributed by atoms with Crippen LogP contribution in [0, 0.1) is 17.8 Å². The second-order valence-electron chi connectivity index (χ2n) is 10.1. The van der Waals surface area contributed by atoms with Gasteiger partial charge in [-0.15, -0.1) is 0 Å². The number of nitrogens with zero attached hydrogens (tertiary/aromatic N) is 3. The Labute approximate surface area is 212 Å². The van der Waals surface area contributed by atoms with E-state index in [-0.39, 0.29) is 66.5 Å². The zero-order chi connectivity index (χ0) is 26.0. The van der Waals surface area contributed by atoms with E-state index in [1.807, 2.05) is 13.8 Å². The van der Waals surface area contributed by atoms with Crippen molar-refractivity contribution in [3.63, 3.8) is 0 Å². The Morgan fingerprint density at radius 3 is 2.56 bits per heavy atom. The largest absolute Gasteiger partial charge is 0.482 e. The summed E-state index contributed by atoms with van der Waals surface area (Å²) in [4.78, 5) is 41.0. The zero-order valence-corrected chi connectivity index (χ0v) is 22.0. The van der Waals surface area contributed by atoms with Crippen molar-refractivity contribution in [1.82, 2.24) is 9.21 Å². The molecule has 3 aliphatic rings. The number of esters is 1. The quantitative estimate of drug-likeness (QED) is 0.525. The van der Waals surface area contributed by atoms with Crippen molar-refractivity contribution in [2.75, 3.05) is 50.8 Å². The standard InChI is InChI=1S/C25H35N3O7S/c1-4-34-25(31)19-6-5-9-26(14-19)23(29)15-28-21-11-20(7-8-22(21)35-16-24(28)30)36(32,33)27-12-17(2)10-18(3)13-27/h7-8,11,17-19H,4-6,9-10,12-16H2,1-3H3/t17-,18-,19+/m0/s1. The van der Waals surface area contributed by atoms with E-state index >= 15 is 0 Å². The van der Waals surface area contributed by atoms with Gasteiger partial charge in [0, 0.05) is 26.2 Å². The molecule has 0 radical (unpaired) electrons. The van der Waals surface area contributed by atoms with E-state index in [4.69, 9.17) is 9.47 Å². The molecule has 4 rings (SSSR count). The number of rotatable bonds is 6. The minimum atomic E-state index is -3.78. The Bertz CT molecular complexity index is 1110. The van der Waals surface area contributed by atoms with Gasteiger partial charge in [0.2, 0.25) is 15.9 Å². The van der Waals surface area contributed by atoms with E-state index < -0.39 is 15.9 Å². The van der Waals surface area contributed by atoms with Crippen molar-refractivity contribution >= 4 is 33.5 Å². The normalized spacial score (nSPS) is 25.2. The summed E-state index contributed by atoms with van der Waals surface area (Å²) >= 11 is 0. The molecule has 3 aliphatic heterocycles. The van der Waals surface area contributed by atoms with E-state index in [1.165, 1.54) is 21.3 Å².